The predicted octanol–water partition coefficient (Wildman–Crippen LogP) is 3.06. The van der Waals surface area contributed by atoms with Crippen LogP contribution < -0.4 is 10.6 Å². The monoisotopic (exact) mass is 310 g/mol. The number of hydrogen-bond donors (Lipinski definition) is 2. The molecular formula is C16H23ClN2O2. The quantitative estimate of drug-likeness (QED) is 0.821. The summed E-state index contributed by atoms with van der Waals surface area (Å²) in [5.74, 6) is -0.403. The molecule has 0 aromatic heterocycles. The topological polar surface area (TPSA) is 58.2 Å². The number of carbonyl (C=O) groups is 2. The van der Waals surface area contributed by atoms with Crippen molar-refractivity contribution in [3.05, 3.63) is 29.8 Å². The largest absolute Gasteiger partial charge is 0.354 e. The Hall–Kier alpha value is -1.55. The number of amides is 2. The second-order valence-electron chi connectivity index (χ2n) is 6.03. The molecule has 0 spiro atoms. The first-order valence-corrected chi connectivity index (χ1v) is 7.46. The summed E-state index contributed by atoms with van der Waals surface area (Å²) in [6, 6.07) is 7.79. The van der Waals surface area contributed by atoms with Crippen molar-refractivity contribution in [2.75, 3.05) is 11.9 Å². The van der Waals surface area contributed by atoms with Gasteiger partial charge in [-0.15, -0.1) is 11.6 Å². The first kappa shape index (κ1) is 17.5. The first-order valence-electron chi connectivity index (χ1n) is 7.02. The van der Waals surface area contributed by atoms with Gasteiger partial charge in [0.1, 0.15) is 5.38 Å². The second kappa shape index (κ2) is 7.46. The number of nitrogens with one attached hydrogen (secondary N) is 2. The molecule has 1 rings (SSSR count). The fourth-order valence-corrected chi connectivity index (χ4v) is 1.79. The van der Waals surface area contributed by atoms with Crippen LogP contribution in [-0.4, -0.2) is 23.7 Å². The summed E-state index contributed by atoms with van der Waals surface area (Å²) >= 11 is 5.61. The number of rotatable bonds is 5. The van der Waals surface area contributed by atoms with E-state index >= 15 is 0 Å². The minimum Gasteiger partial charge on any atom is -0.354 e. The van der Waals surface area contributed by atoms with E-state index in [2.05, 4.69) is 31.4 Å². The third kappa shape index (κ3) is 6.17. The number of hydrogen-bond acceptors (Lipinski definition) is 2. The highest BCUT2D eigenvalue weighted by Gasteiger charge is 2.13. The molecule has 1 aromatic carbocycles. The van der Waals surface area contributed by atoms with Crippen LogP contribution in [0.3, 0.4) is 0 Å². The van der Waals surface area contributed by atoms with Gasteiger partial charge in [-0.05, 0) is 30.0 Å². The van der Waals surface area contributed by atoms with Gasteiger partial charge in [-0.2, -0.15) is 0 Å². The van der Waals surface area contributed by atoms with Crippen molar-refractivity contribution in [3.63, 3.8) is 0 Å². The summed E-state index contributed by atoms with van der Waals surface area (Å²) in [4.78, 5) is 23.0. The van der Waals surface area contributed by atoms with Crippen molar-refractivity contribution in [2.45, 2.75) is 44.9 Å². The van der Waals surface area contributed by atoms with E-state index in [1.165, 1.54) is 5.56 Å². The molecule has 0 saturated carbocycles. The summed E-state index contributed by atoms with van der Waals surface area (Å²) in [5, 5.41) is 4.81. The van der Waals surface area contributed by atoms with Crippen molar-refractivity contribution in [1.82, 2.24) is 5.32 Å². The van der Waals surface area contributed by atoms with E-state index in [1.54, 1.807) is 6.92 Å². The first-order chi connectivity index (χ1) is 9.70. The molecule has 1 aromatic rings. The number of alkyl halides is 1. The molecule has 0 bridgehead atoms. The zero-order chi connectivity index (χ0) is 16.0. The molecular weight excluding hydrogens is 288 g/mol. The van der Waals surface area contributed by atoms with Crippen LogP contribution in [0.2, 0.25) is 0 Å². The molecule has 0 aliphatic rings. The zero-order valence-electron chi connectivity index (χ0n) is 13.0. The van der Waals surface area contributed by atoms with Crippen LogP contribution in [-0.2, 0) is 15.0 Å². The molecule has 21 heavy (non-hydrogen) atoms. The van der Waals surface area contributed by atoms with E-state index in [0.717, 1.165) is 5.69 Å². The Bertz CT molecular complexity index is 490. The Balaban J connectivity index is 2.43. The van der Waals surface area contributed by atoms with Crippen molar-refractivity contribution in [1.29, 1.82) is 0 Å². The lowest BCUT2D eigenvalue weighted by atomic mass is 9.87. The average molecular weight is 311 g/mol. The fraction of sp³-hybridized carbons (Fsp3) is 0.500. The molecule has 4 nitrogen and oxygen atoms in total. The van der Waals surface area contributed by atoms with Crippen molar-refractivity contribution < 1.29 is 9.59 Å². The van der Waals surface area contributed by atoms with E-state index < -0.39 is 5.38 Å². The van der Waals surface area contributed by atoms with Crippen LogP contribution in [0.1, 0.15) is 39.7 Å². The average Bonchev–Trinajstić information content (AvgIpc) is 2.38. The Morgan fingerprint density at radius 3 is 2.24 bits per heavy atom. The molecule has 0 unspecified atom stereocenters. The Morgan fingerprint density at radius 1 is 1.19 bits per heavy atom. The maximum absolute atomic E-state index is 11.8. The highest BCUT2D eigenvalue weighted by atomic mass is 35.5. The lowest BCUT2D eigenvalue weighted by Crippen LogP contribution is -2.32. The molecule has 1 atom stereocenters. The maximum atomic E-state index is 11.8. The molecule has 0 radical (unpaired) electrons. The lowest BCUT2D eigenvalue weighted by molar-refractivity contribution is -0.120. The van der Waals surface area contributed by atoms with Crippen LogP contribution in [0.4, 0.5) is 5.69 Å². The van der Waals surface area contributed by atoms with E-state index in [9.17, 15) is 9.59 Å². The third-order valence-electron chi connectivity index (χ3n) is 3.05. The highest BCUT2D eigenvalue weighted by molar-refractivity contribution is 6.30. The Kier molecular flexibility index (Phi) is 6.21. The molecule has 2 amide bonds. The van der Waals surface area contributed by atoms with E-state index in [-0.39, 0.29) is 30.2 Å². The Morgan fingerprint density at radius 2 is 1.76 bits per heavy atom. The van der Waals surface area contributed by atoms with Gasteiger partial charge in [-0.1, -0.05) is 32.9 Å². The molecule has 0 aliphatic carbocycles. The SMILES string of the molecule is C[C@H](Cl)C(=O)NCCC(=O)Nc1ccc(C(C)(C)C)cc1. The van der Waals surface area contributed by atoms with Crippen molar-refractivity contribution >= 4 is 29.1 Å². The second-order valence-corrected chi connectivity index (χ2v) is 6.69. The van der Waals surface area contributed by atoms with Crippen LogP contribution in [0.15, 0.2) is 24.3 Å². The van der Waals surface area contributed by atoms with Gasteiger partial charge in [0.05, 0.1) is 0 Å². The van der Waals surface area contributed by atoms with Crippen LogP contribution in [0.25, 0.3) is 0 Å². The van der Waals surface area contributed by atoms with Gasteiger partial charge in [0.25, 0.3) is 0 Å². The van der Waals surface area contributed by atoms with Crippen molar-refractivity contribution in [2.24, 2.45) is 0 Å². The molecule has 0 heterocycles. The Labute approximate surface area is 131 Å². The van der Waals surface area contributed by atoms with Gasteiger partial charge in [0.2, 0.25) is 11.8 Å². The third-order valence-corrected chi connectivity index (χ3v) is 3.25. The van der Waals surface area contributed by atoms with Gasteiger partial charge in [0, 0.05) is 18.7 Å². The molecule has 0 aliphatic heterocycles. The molecule has 0 saturated heterocycles. The summed E-state index contributed by atoms with van der Waals surface area (Å²) in [5.41, 5.74) is 2.05. The summed E-state index contributed by atoms with van der Waals surface area (Å²) in [6.45, 7) is 8.29. The normalized spacial score (nSPS) is 12.6. The molecule has 116 valence electrons. The van der Waals surface area contributed by atoms with Gasteiger partial charge < -0.3 is 10.6 Å². The highest BCUT2D eigenvalue weighted by Crippen LogP contribution is 2.23. The van der Waals surface area contributed by atoms with Crippen molar-refractivity contribution in [3.8, 4) is 0 Å². The van der Waals surface area contributed by atoms with E-state index in [0.29, 0.717) is 0 Å². The van der Waals surface area contributed by atoms with Gasteiger partial charge in [-0.3, -0.25) is 9.59 Å². The maximum Gasteiger partial charge on any atom is 0.237 e. The van der Waals surface area contributed by atoms with Crippen LogP contribution >= 0.6 is 11.6 Å². The fourth-order valence-electron chi connectivity index (χ4n) is 1.72. The molecule has 2 N–H and O–H groups in total. The van der Waals surface area contributed by atoms with Crippen LogP contribution in [0, 0.1) is 0 Å². The number of carbonyl (C=O) groups excluding carboxylic acids is 2. The predicted molar refractivity (Wildman–Crippen MR) is 86.7 cm³/mol. The summed E-state index contributed by atoms with van der Waals surface area (Å²) in [6.07, 6.45) is 0.219. The summed E-state index contributed by atoms with van der Waals surface area (Å²) in [7, 11) is 0. The van der Waals surface area contributed by atoms with Gasteiger partial charge in [-0.25, -0.2) is 0 Å². The summed E-state index contributed by atoms with van der Waals surface area (Å²) < 4.78 is 0. The number of benzene rings is 1. The number of halogens is 1. The lowest BCUT2D eigenvalue weighted by Gasteiger charge is -2.19. The smallest absolute Gasteiger partial charge is 0.237 e. The number of anilines is 1. The minimum atomic E-state index is -0.585. The van der Waals surface area contributed by atoms with E-state index in [1.807, 2.05) is 24.3 Å². The van der Waals surface area contributed by atoms with Gasteiger partial charge in [0.15, 0.2) is 0 Å². The minimum absolute atomic E-state index is 0.0884. The van der Waals surface area contributed by atoms with Crippen LogP contribution in [0.5, 0.6) is 0 Å². The van der Waals surface area contributed by atoms with Gasteiger partial charge >= 0.3 is 0 Å². The molecule has 5 heteroatoms. The zero-order valence-corrected chi connectivity index (χ0v) is 13.8. The molecule has 0 fully saturated rings. The standard InChI is InChI=1S/C16H23ClN2O2/c1-11(17)15(21)18-10-9-14(20)19-13-7-5-12(6-8-13)16(2,3)4/h5-8,11H,9-10H2,1-4H3,(H,18,21)(H,19,20)/t11-/m0/s1. The van der Waals surface area contributed by atoms with E-state index in [4.69, 9.17) is 11.6 Å².